The molecule has 162 valence electrons. The fourth-order valence-corrected chi connectivity index (χ4v) is 3.74. The summed E-state index contributed by atoms with van der Waals surface area (Å²) in [5.74, 6) is 0.761. The summed E-state index contributed by atoms with van der Waals surface area (Å²) >= 11 is 5.88. The molecule has 9 heteroatoms. The van der Waals surface area contributed by atoms with E-state index in [0.29, 0.717) is 29.8 Å². The van der Waals surface area contributed by atoms with E-state index in [1.807, 2.05) is 29.2 Å². The van der Waals surface area contributed by atoms with E-state index < -0.39 is 6.04 Å². The molecular formula is C22H24ClN5O3. The topological polar surface area (TPSA) is 86.3 Å². The molecule has 1 saturated heterocycles. The van der Waals surface area contributed by atoms with Gasteiger partial charge in [0.1, 0.15) is 11.8 Å². The number of carbonyl (C=O) groups is 2. The Labute approximate surface area is 185 Å². The number of nitrogens with zero attached hydrogens (tertiary/aromatic N) is 3. The molecule has 2 aromatic carbocycles. The van der Waals surface area contributed by atoms with Gasteiger partial charge in [-0.2, -0.15) is 0 Å². The Morgan fingerprint density at radius 1 is 1.06 bits per heavy atom. The summed E-state index contributed by atoms with van der Waals surface area (Å²) in [5, 5.41) is 6.20. The molecule has 2 amide bonds. The van der Waals surface area contributed by atoms with Gasteiger partial charge in [-0.05, 0) is 48.5 Å². The first-order chi connectivity index (χ1) is 15.0. The lowest BCUT2D eigenvalue weighted by Gasteiger charge is -2.38. The number of hydrogen-bond donors (Lipinski definition) is 2. The highest BCUT2D eigenvalue weighted by molar-refractivity contribution is 6.30. The van der Waals surface area contributed by atoms with Crippen LogP contribution in [0.15, 0.2) is 53.5 Å². The maximum absolute atomic E-state index is 12.6. The van der Waals surface area contributed by atoms with Crippen molar-refractivity contribution in [3.8, 4) is 5.75 Å². The lowest BCUT2D eigenvalue weighted by molar-refractivity contribution is -0.125. The zero-order valence-electron chi connectivity index (χ0n) is 17.2. The molecule has 0 aromatic heterocycles. The summed E-state index contributed by atoms with van der Waals surface area (Å²) < 4.78 is 5.21. The monoisotopic (exact) mass is 441 g/mol. The number of hydrogen-bond acceptors (Lipinski definition) is 6. The largest absolute Gasteiger partial charge is 0.497 e. The minimum absolute atomic E-state index is 0.0226. The Kier molecular flexibility index (Phi) is 6.27. The Balaban J connectivity index is 1.39. The Bertz CT molecular complexity index is 970. The molecule has 0 spiro atoms. The van der Waals surface area contributed by atoms with Gasteiger partial charge in [0, 0.05) is 42.6 Å². The van der Waals surface area contributed by atoms with E-state index in [1.165, 1.54) is 0 Å². The number of carbonyl (C=O) groups excluding carboxylic acids is 2. The predicted octanol–water partition coefficient (Wildman–Crippen LogP) is 2.35. The summed E-state index contributed by atoms with van der Waals surface area (Å²) in [7, 11) is 1.65. The minimum Gasteiger partial charge on any atom is -0.497 e. The zero-order chi connectivity index (χ0) is 21.8. The number of rotatable bonds is 4. The number of benzene rings is 2. The predicted molar refractivity (Wildman–Crippen MR) is 121 cm³/mol. The van der Waals surface area contributed by atoms with Crippen molar-refractivity contribution in [1.82, 2.24) is 10.2 Å². The molecule has 0 aliphatic carbocycles. The van der Waals surface area contributed by atoms with Crippen LogP contribution in [0.5, 0.6) is 5.75 Å². The van der Waals surface area contributed by atoms with Gasteiger partial charge in [0.25, 0.3) is 0 Å². The van der Waals surface area contributed by atoms with Gasteiger partial charge in [0.2, 0.25) is 17.8 Å². The van der Waals surface area contributed by atoms with E-state index in [4.69, 9.17) is 16.3 Å². The van der Waals surface area contributed by atoms with Crippen molar-refractivity contribution >= 4 is 40.7 Å². The summed E-state index contributed by atoms with van der Waals surface area (Å²) in [5.41, 5.74) is 1.74. The average molecular weight is 442 g/mol. The van der Waals surface area contributed by atoms with Crippen molar-refractivity contribution in [2.24, 2.45) is 4.99 Å². The number of ether oxygens (including phenoxy) is 1. The van der Waals surface area contributed by atoms with E-state index in [0.717, 1.165) is 24.5 Å². The molecule has 2 aliphatic rings. The number of nitrogens with one attached hydrogen (secondary N) is 2. The molecule has 8 nitrogen and oxygen atoms in total. The first kappa shape index (κ1) is 21.0. The Morgan fingerprint density at radius 3 is 2.35 bits per heavy atom. The third-order valence-corrected chi connectivity index (χ3v) is 5.59. The molecule has 2 heterocycles. The summed E-state index contributed by atoms with van der Waals surface area (Å²) in [4.78, 5) is 33.7. The molecular weight excluding hydrogens is 418 g/mol. The second-order valence-electron chi connectivity index (χ2n) is 7.39. The highest BCUT2D eigenvalue weighted by atomic mass is 35.5. The molecule has 31 heavy (non-hydrogen) atoms. The highest BCUT2D eigenvalue weighted by Crippen LogP contribution is 2.21. The van der Waals surface area contributed by atoms with Gasteiger partial charge in [0.05, 0.1) is 13.5 Å². The second kappa shape index (κ2) is 9.26. The number of aliphatic imine (C=N–C) groups is 1. The Hall–Kier alpha value is -3.26. The third-order valence-electron chi connectivity index (χ3n) is 5.34. The van der Waals surface area contributed by atoms with E-state index >= 15 is 0 Å². The van der Waals surface area contributed by atoms with Crippen molar-refractivity contribution in [2.75, 3.05) is 43.5 Å². The fraction of sp³-hybridized carbons (Fsp3) is 0.318. The van der Waals surface area contributed by atoms with E-state index in [1.54, 1.807) is 31.4 Å². The number of halogens is 1. The van der Waals surface area contributed by atoms with Crippen molar-refractivity contribution in [3.63, 3.8) is 0 Å². The smallest absolute Gasteiger partial charge is 0.249 e. The lowest BCUT2D eigenvalue weighted by atomic mass is 10.1. The van der Waals surface area contributed by atoms with Crippen molar-refractivity contribution in [2.45, 2.75) is 12.5 Å². The van der Waals surface area contributed by atoms with E-state index in [-0.39, 0.29) is 18.2 Å². The van der Waals surface area contributed by atoms with Crippen LogP contribution in [0, 0.1) is 0 Å². The van der Waals surface area contributed by atoms with Gasteiger partial charge in [-0.25, -0.2) is 4.99 Å². The molecule has 0 radical (unpaired) electrons. The van der Waals surface area contributed by atoms with Crippen LogP contribution in [0.3, 0.4) is 0 Å². The van der Waals surface area contributed by atoms with Gasteiger partial charge in [-0.15, -0.1) is 0 Å². The maximum atomic E-state index is 12.6. The van der Waals surface area contributed by atoms with Crippen LogP contribution in [0.4, 0.5) is 11.4 Å². The maximum Gasteiger partial charge on any atom is 0.249 e. The molecule has 1 atom stereocenters. The molecule has 2 aromatic rings. The minimum atomic E-state index is -0.765. The van der Waals surface area contributed by atoms with E-state index in [9.17, 15) is 9.59 Å². The van der Waals surface area contributed by atoms with Crippen LogP contribution >= 0.6 is 11.6 Å². The molecule has 0 saturated carbocycles. The number of methoxy groups -OCH3 is 1. The van der Waals surface area contributed by atoms with Gasteiger partial charge in [-0.3, -0.25) is 14.9 Å². The normalized spacial score (nSPS) is 18.8. The third kappa shape index (κ3) is 5.08. The fourth-order valence-electron chi connectivity index (χ4n) is 3.62. The number of amides is 2. The van der Waals surface area contributed by atoms with Gasteiger partial charge >= 0.3 is 0 Å². The molecule has 2 aliphatic heterocycles. The van der Waals surface area contributed by atoms with Crippen LogP contribution < -0.4 is 20.3 Å². The van der Waals surface area contributed by atoms with Crippen LogP contribution in [0.2, 0.25) is 5.02 Å². The molecule has 1 fully saturated rings. The molecule has 0 bridgehead atoms. The Morgan fingerprint density at radius 2 is 1.71 bits per heavy atom. The van der Waals surface area contributed by atoms with Crippen molar-refractivity contribution in [3.05, 3.63) is 53.6 Å². The standard InChI is InChI=1S/C22H24ClN5O3/c1-31-18-8-6-17(7-9-18)27-10-12-28(13-11-27)22-25-19(14-20(29)26-22)21(30)24-16-4-2-15(23)3-5-16/h2-9,19H,10-14H2,1H3,(H,24,30)(H,25,26,29)/t19-/m0/s1. The van der Waals surface area contributed by atoms with Gasteiger partial charge in [-0.1, -0.05) is 11.6 Å². The summed E-state index contributed by atoms with van der Waals surface area (Å²) in [6.07, 6.45) is 0.0226. The summed E-state index contributed by atoms with van der Waals surface area (Å²) in [6, 6.07) is 14.0. The number of anilines is 2. The van der Waals surface area contributed by atoms with E-state index in [2.05, 4.69) is 20.5 Å². The second-order valence-corrected chi connectivity index (χ2v) is 7.83. The average Bonchev–Trinajstić information content (AvgIpc) is 2.80. The van der Waals surface area contributed by atoms with Crippen LogP contribution in [0.25, 0.3) is 0 Å². The number of guanidine groups is 1. The first-order valence-corrected chi connectivity index (χ1v) is 10.5. The SMILES string of the molecule is COc1ccc(N2CCN(C3=N[C@H](C(=O)Nc4ccc(Cl)cc4)CC(=O)N3)CC2)cc1. The number of piperazine rings is 1. The highest BCUT2D eigenvalue weighted by Gasteiger charge is 2.30. The van der Waals surface area contributed by atoms with Crippen LogP contribution in [0.1, 0.15) is 6.42 Å². The van der Waals surface area contributed by atoms with Crippen molar-refractivity contribution < 1.29 is 14.3 Å². The first-order valence-electron chi connectivity index (χ1n) is 10.1. The molecule has 4 rings (SSSR count). The van der Waals surface area contributed by atoms with Crippen LogP contribution in [-0.4, -0.2) is 62.0 Å². The van der Waals surface area contributed by atoms with Crippen LogP contribution in [-0.2, 0) is 9.59 Å². The van der Waals surface area contributed by atoms with Gasteiger partial charge in [0.15, 0.2) is 0 Å². The molecule has 2 N–H and O–H groups in total. The van der Waals surface area contributed by atoms with Gasteiger partial charge < -0.3 is 19.9 Å². The van der Waals surface area contributed by atoms with Crippen molar-refractivity contribution in [1.29, 1.82) is 0 Å². The quantitative estimate of drug-likeness (QED) is 0.760. The molecule has 0 unspecified atom stereocenters. The summed E-state index contributed by atoms with van der Waals surface area (Å²) in [6.45, 7) is 2.94. The zero-order valence-corrected chi connectivity index (χ0v) is 17.9. The lowest BCUT2D eigenvalue weighted by Crippen LogP contribution is -2.56.